The maximum atomic E-state index is 11.6. The van der Waals surface area contributed by atoms with Gasteiger partial charge in [-0.3, -0.25) is 4.98 Å². The average molecular weight is 262 g/mol. The molecule has 2 aromatic carbocycles. The van der Waals surface area contributed by atoms with Gasteiger partial charge in [-0.2, -0.15) is 9.61 Å². The second-order valence-electron chi connectivity index (χ2n) is 4.56. The van der Waals surface area contributed by atoms with Crippen LogP contribution < -0.4 is 5.69 Å². The zero-order chi connectivity index (χ0) is 13.5. The molecule has 0 fully saturated rings. The number of H-pyrrole nitrogens is 1. The fraction of sp³-hybridized carbons (Fsp3) is 0. The Labute approximate surface area is 113 Å². The topological polar surface area (TPSA) is 63.0 Å². The quantitative estimate of drug-likeness (QED) is 0.572. The van der Waals surface area contributed by atoms with Gasteiger partial charge in [0, 0.05) is 5.56 Å². The minimum absolute atomic E-state index is 0.290. The molecule has 0 aliphatic heterocycles. The molecule has 4 rings (SSSR count). The molecule has 0 saturated heterocycles. The van der Waals surface area contributed by atoms with Gasteiger partial charge in [0.2, 0.25) is 0 Å². The molecule has 0 radical (unpaired) electrons. The SMILES string of the molecule is O=c1[nH]cnc2c(-c3ccc4ccccc4c3)cnn12. The van der Waals surface area contributed by atoms with Crippen molar-refractivity contribution >= 4 is 16.4 Å². The van der Waals surface area contributed by atoms with Gasteiger partial charge < -0.3 is 0 Å². The van der Waals surface area contributed by atoms with Crippen molar-refractivity contribution in [3.8, 4) is 11.1 Å². The van der Waals surface area contributed by atoms with E-state index in [0.29, 0.717) is 5.65 Å². The first-order valence-electron chi connectivity index (χ1n) is 6.23. The van der Waals surface area contributed by atoms with E-state index in [2.05, 4.69) is 39.3 Å². The fourth-order valence-electron chi connectivity index (χ4n) is 2.39. The number of hydrogen-bond donors (Lipinski definition) is 1. The predicted octanol–water partition coefficient (Wildman–Crippen LogP) is 2.24. The van der Waals surface area contributed by atoms with Crippen LogP contribution in [0.1, 0.15) is 0 Å². The van der Waals surface area contributed by atoms with Crippen molar-refractivity contribution in [2.75, 3.05) is 0 Å². The van der Waals surface area contributed by atoms with Gasteiger partial charge in [0.1, 0.15) is 0 Å². The molecular weight excluding hydrogens is 252 g/mol. The summed E-state index contributed by atoms with van der Waals surface area (Å²) in [6, 6.07) is 14.3. The first-order valence-corrected chi connectivity index (χ1v) is 6.23. The van der Waals surface area contributed by atoms with Gasteiger partial charge in [-0.25, -0.2) is 9.78 Å². The lowest BCUT2D eigenvalue weighted by atomic mass is 10.0. The van der Waals surface area contributed by atoms with Crippen molar-refractivity contribution in [3.05, 3.63) is 65.5 Å². The van der Waals surface area contributed by atoms with Gasteiger partial charge in [-0.05, 0) is 22.4 Å². The molecule has 1 N–H and O–H groups in total. The Balaban J connectivity index is 2.01. The standard InChI is InChI=1S/C15H10N4O/c20-15-17-9-16-14-13(8-18-19(14)15)12-6-5-10-3-1-2-4-11(10)7-12/h1-9H,(H,16,17,20). The van der Waals surface area contributed by atoms with Crippen molar-refractivity contribution in [3.63, 3.8) is 0 Å². The Morgan fingerprint density at radius 1 is 1.05 bits per heavy atom. The first kappa shape index (κ1) is 10.9. The van der Waals surface area contributed by atoms with E-state index in [1.165, 1.54) is 16.2 Å². The van der Waals surface area contributed by atoms with Crippen molar-refractivity contribution in [1.29, 1.82) is 0 Å². The molecule has 4 aromatic rings. The van der Waals surface area contributed by atoms with Gasteiger partial charge in [-0.15, -0.1) is 0 Å². The molecule has 0 bridgehead atoms. The molecule has 2 heterocycles. The Morgan fingerprint density at radius 3 is 2.80 bits per heavy atom. The molecule has 0 spiro atoms. The van der Waals surface area contributed by atoms with Crippen LogP contribution in [0.3, 0.4) is 0 Å². The molecule has 0 unspecified atom stereocenters. The molecule has 0 saturated carbocycles. The molecule has 5 heteroatoms. The molecule has 2 aromatic heterocycles. The van der Waals surface area contributed by atoms with Crippen LogP contribution in [0.15, 0.2) is 59.8 Å². The highest BCUT2D eigenvalue weighted by atomic mass is 16.1. The lowest BCUT2D eigenvalue weighted by molar-refractivity contribution is 0.840. The number of nitrogens with zero attached hydrogens (tertiary/aromatic N) is 3. The van der Waals surface area contributed by atoms with Crippen molar-refractivity contribution in [2.24, 2.45) is 0 Å². The van der Waals surface area contributed by atoms with E-state index in [4.69, 9.17) is 0 Å². The predicted molar refractivity (Wildman–Crippen MR) is 76.5 cm³/mol. The average Bonchev–Trinajstić information content (AvgIpc) is 2.92. The second-order valence-corrected chi connectivity index (χ2v) is 4.56. The van der Waals surface area contributed by atoms with Crippen molar-refractivity contribution in [1.82, 2.24) is 19.6 Å². The lowest BCUT2D eigenvalue weighted by Gasteiger charge is -2.02. The zero-order valence-electron chi connectivity index (χ0n) is 10.4. The Bertz CT molecular complexity index is 984. The van der Waals surface area contributed by atoms with Crippen LogP contribution >= 0.6 is 0 Å². The van der Waals surface area contributed by atoms with Gasteiger partial charge in [0.05, 0.1) is 12.5 Å². The molecule has 96 valence electrons. The third kappa shape index (κ3) is 1.53. The van der Waals surface area contributed by atoms with Crippen LogP contribution in [0.4, 0.5) is 0 Å². The summed E-state index contributed by atoms with van der Waals surface area (Å²) in [5, 5.41) is 6.41. The Kier molecular flexibility index (Phi) is 2.20. The summed E-state index contributed by atoms with van der Waals surface area (Å²) in [6.45, 7) is 0. The lowest BCUT2D eigenvalue weighted by Crippen LogP contribution is -2.17. The minimum atomic E-state index is -0.290. The summed E-state index contributed by atoms with van der Waals surface area (Å²) in [5.74, 6) is 0. The van der Waals surface area contributed by atoms with Crippen LogP contribution in [0.5, 0.6) is 0 Å². The van der Waals surface area contributed by atoms with E-state index in [1.54, 1.807) is 6.20 Å². The summed E-state index contributed by atoms with van der Waals surface area (Å²) < 4.78 is 1.27. The van der Waals surface area contributed by atoms with Crippen molar-refractivity contribution in [2.45, 2.75) is 0 Å². The van der Waals surface area contributed by atoms with Gasteiger partial charge >= 0.3 is 5.69 Å². The Morgan fingerprint density at radius 2 is 1.90 bits per heavy atom. The summed E-state index contributed by atoms with van der Waals surface area (Å²) in [7, 11) is 0. The molecule has 0 amide bonds. The van der Waals surface area contributed by atoms with E-state index in [0.717, 1.165) is 16.5 Å². The maximum absolute atomic E-state index is 11.6. The number of benzene rings is 2. The smallest absolute Gasteiger partial charge is 0.296 e. The highest BCUT2D eigenvalue weighted by Crippen LogP contribution is 2.26. The summed E-state index contributed by atoms with van der Waals surface area (Å²) in [5.41, 5.74) is 2.12. The highest BCUT2D eigenvalue weighted by molar-refractivity contribution is 5.89. The summed E-state index contributed by atoms with van der Waals surface area (Å²) in [6.07, 6.45) is 3.06. The third-order valence-corrected chi connectivity index (χ3v) is 3.37. The molecular formula is C15H10N4O. The number of rotatable bonds is 1. The highest BCUT2D eigenvalue weighted by Gasteiger charge is 2.09. The van der Waals surface area contributed by atoms with Gasteiger partial charge in [0.15, 0.2) is 5.65 Å². The number of aromatic amines is 1. The number of fused-ring (bicyclic) bond motifs is 2. The third-order valence-electron chi connectivity index (χ3n) is 3.37. The largest absolute Gasteiger partial charge is 0.349 e. The minimum Gasteiger partial charge on any atom is -0.296 e. The maximum Gasteiger partial charge on any atom is 0.349 e. The van der Waals surface area contributed by atoms with E-state index >= 15 is 0 Å². The van der Waals surface area contributed by atoms with E-state index in [9.17, 15) is 4.79 Å². The zero-order valence-corrected chi connectivity index (χ0v) is 10.4. The Hall–Kier alpha value is -2.95. The van der Waals surface area contributed by atoms with Crippen LogP contribution in [0.2, 0.25) is 0 Å². The molecule has 0 atom stereocenters. The van der Waals surface area contributed by atoms with E-state index in [-0.39, 0.29) is 5.69 Å². The normalized spacial score (nSPS) is 11.2. The van der Waals surface area contributed by atoms with Crippen LogP contribution in [-0.4, -0.2) is 19.6 Å². The van der Waals surface area contributed by atoms with E-state index < -0.39 is 0 Å². The molecule has 0 aliphatic carbocycles. The second kappa shape index (κ2) is 4.03. The first-order chi connectivity index (χ1) is 9.83. The van der Waals surface area contributed by atoms with Gasteiger partial charge in [0.25, 0.3) is 0 Å². The monoisotopic (exact) mass is 262 g/mol. The molecule has 0 aliphatic rings. The van der Waals surface area contributed by atoms with Gasteiger partial charge in [-0.1, -0.05) is 36.4 Å². The van der Waals surface area contributed by atoms with E-state index in [1.807, 2.05) is 18.2 Å². The van der Waals surface area contributed by atoms with Crippen LogP contribution in [0, 0.1) is 0 Å². The van der Waals surface area contributed by atoms with Crippen molar-refractivity contribution < 1.29 is 0 Å². The van der Waals surface area contributed by atoms with Crippen LogP contribution in [0.25, 0.3) is 27.5 Å². The fourth-order valence-corrected chi connectivity index (χ4v) is 2.39. The molecule has 5 nitrogen and oxygen atoms in total. The van der Waals surface area contributed by atoms with Crippen LogP contribution in [-0.2, 0) is 0 Å². The molecule has 20 heavy (non-hydrogen) atoms. The summed E-state index contributed by atoms with van der Waals surface area (Å²) >= 11 is 0. The number of nitrogens with one attached hydrogen (secondary N) is 1. The summed E-state index contributed by atoms with van der Waals surface area (Å²) in [4.78, 5) is 18.3. The number of hydrogen-bond acceptors (Lipinski definition) is 3. The number of aromatic nitrogens is 4.